The Balaban J connectivity index is 2.06. The molecule has 1 aliphatic rings. The van der Waals surface area contributed by atoms with Crippen LogP contribution in [0.5, 0.6) is 0 Å². The predicted octanol–water partition coefficient (Wildman–Crippen LogP) is 0.187. The van der Waals surface area contributed by atoms with Gasteiger partial charge in [-0.3, -0.25) is 4.55 Å². The minimum absolute atomic E-state index is 0.162. The molecule has 0 atom stereocenters. The van der Waals surface area contributed by atoms with E-state index in [1.165, 1.54) is 16.8 Å². The molecule has 0 unspecified atom stereocenters. The van der Waals surface area contributed by atoms with E-state index in [1.807, 2.05) is 6.92 Å². The molecule has 1 aliphatic heterocycles. The van der Waals surface area contributed by atoms with Gasteiger partial charge in [-0.1, -0.05) is 10.7 Å². The Kier molecular flexibility index (Phi) is 2.51. The van der Waals surface area contributed by atoms with Crippen molar-refractivity contribution in [1.82, 2.24) is 9.78 Å². The van der Waals surface area contributed by atoms with E-state index in [0.29, 0.717) is 12.1 Å². The lowest BCUT2D eigenvalue weighted by atomic mass is 10.3. The summed E-state index contributed by atoms with van der Waals surface area (Å²) in [7, 11) is -4.21. The van der Waals surface area contributed by atoms with Crippen LogP contribution in [-0.4, -0.2) is 28.5 Å². The first kappa shape index (κ1) is 12.0. The van der Waals surface area contributed by atoms with Crippen LogP contribution >= 0.6 is 0 Å². The van der Waals surface area contributed by atoms with Crippen LogP contribution in [0.15, 0.2) is 40.6 Å². The Morgan fingerprint density at radius 1 is 1.42 bits per heavy atom. The van der Waals surface area contributed by atoms with Crippen molar-refractivity contribution in [2.75, 3.05) is 0 Å². The van der Waals surface area contributed by atoms with Crippen molar-refractivity contribution in [3.63, 3.8) is 0 Å². The molecule has 0 amide bonds. The summed E-state index contributed by atoms with van der Waals surface area (Å²) in [5.41, 5.74) is 1.52. The molecule has 2 heterocycles. The fourth-order valence-electron chi connectivity index (χ4n) is 1.93. The number of nitrogens with zero attached hydrogens (tertiary/aromatic N) is 4. The van der Waals surface area contributed by atoms with Gasteiger partial charge in [-0.15, -0.1) is 9.78 Å². The molecule has 0 spiro atoms. The highest BCUT2D eigenvalue weighted by molar-refractivity contribution is 7.85. The molecule has 1 aromatic heterocycles. The normalized spacial score (nSPS) is 14.3. The number of rotatable bonds is 2. The molecule has 2 aromatic rings. The van der Waals surface area contributed by atoms with Gasteiger partial charge in [0.15, 0.2) is 0 Å². The lowest BCUT2D eigenvalue weighted by Crippen LogP contribution is -2.25. The third-order valence-corrected chi connectivity index (χ3v) is 3.63. The van der Waals surface area contributed by atoms with Crippen LogP contribution in [0.3, 0.4) is 0 Å². The van der Waals surface area contributed by atoms with Gasteiger partial charge in [-0.05, 0) is 19.1 Å². The average Bonchev–Trinajstić information content (AvgIpc) is 2.85. The third kappa shape index (κ3) is 2.15. The molecule has 98 valence electrons. The quantitative estimate of drug-likeness (QED) is 0.627. The van der Waals surface area contributed by atoms with Gasteiger partial charge < -0.3 is 0 Å². The summed E-state index contributed by atoms with van der Waals surface area (Å²) in [5, 5.41) is 8.57. The predicted molar refractivity (Wildman–Crippen MR) is 65.8 cm³/mol. The molecule has 0 saturated heterocycles. The van der Waals surface area contributed by atoms with Gasteiger partial charge in [0.05, 0.1) is 17.0 Å². The van der Waals surface area contributed by atoms with Gasteiger partial charge in [-0.25, -0.2) is 0 Å². The standard InChI is InChI=1S/C11H10N4O3S/c1-8-5-11-13-14(7-15(11)12-8)9-3-2-4-10(6-9)19(16,17)18/h2-4,6-7H,5H2,1H3/p+1. The van der Waals surface area contributed by atoms with Gasteiger partial charge >= 0.3 is 5.82 Å². The molecule has 0 bridgehead atoms. The highest BCUT2D eigenvalue weighted by Gasteiger charge is 2.24. The van der Waals surface area contributed by atoms with E-state index >= 15 is 0 Å². The number of hydrogen-bond acceptors (Lipinski definition) is 4. The van der Waals surface area contributed by atoms with E-state index in [-0.39, 0.29) is 4.90 Å². The average molecular weight is 279 g/mol. The highest BCUT2D eigenvalue weighted by Crippen LogP contribution is 2.14. The molecular formula is C11H11N4O3S+. The summed E-state index contributed by atoms with van der Waals surface area (Å²) in [4.78, 5) is -0.162. The van der Waals surface area contributed by atoms with E-state index < -0.39 is 10.1 Å². The van der Waals surface area contributed by atoms with Crippen LogP contribution < -0.4 is 4.68 Å². The largest absolute Gasteiger partial charge is 0.307 e. The Morgan fingerprint density at radius 2 is 2.21 bits per heavy atom. The summed E-state index contributed by atoms with van der Waals surface area (Å²) in [6.45, 7) is 1.91. The molecule has 0 radical (unpaired) electrons. The van der Waals surface area contributed by atoms with E-state index in [9.17, 15) is 8.42 Å². The molecular weight excluding hydrogens is 268 g/mol. The summed E-state index contributed by atoms with van der Waals surface area (Å²) in [5.74, 6) is 0.787. The molecule has 0 saturated carbocycles. The van der Waals surface area contributed by atoms with Crippen molar-refractivity contribution in [3.8, 4) is 5.69 Å². The van der Waals surface area contributed by atoms with Crippen LogP contribution in [0.2, 0.25) is 0 Å². The first-order chi connectivity index (χ1) is 8.93. The van der Waals surface area contributed by atoms with Crippen molar-refractivity contribution in [2.24, 2.45) is 5.10 Å². The maximum absolute atomic E-state index is 11.1. The van der Waals surface area contributed by atoms with Gasteiger partial charge in [0.25, 0.3) is 16.4 Å². The van der Waals surface area contributed by atoms with E-state index in [4.69, 9.17) is 4.55 Å². The minimum atomic E-state index is -4.21. The van der Waals surface area contributed by atoms with Crippen molar-refractivity contribution >= 4 is 15.8 Å². The maximum atomic E-state index is 11.1. The summed E-state index contributed by atoms with van der Waals surface area (Å²) in [6.07, 6.45) is 2.33. The summed E-state index contributed by atoms with van der Waals surface area (Å²) in [6, 6.07) is 5.93. The molecule has 1 N–H and O–H groups in total. The summed E-state index contributed by atoms with van der Waals surface area (Å²) >= 11 is 0. The molecule has 3 rings (SSSR count). The lowest BCUT2D eigenvalue weighted by Gasteiger charge is -1.97. The highest BCUT2D eigenvalue weighted by atomic mass is 32.2. The number of benzene rings is 1. The zero-order valence-corrected chi connectivity index (χ0v) is 10.9. The summed E-state index contributed by atoms with van der Waals surface area (Å²) < 4.78 is 34.4. The number of aromatic nitrogens is 3. The van der Waals surface area contributed by atoms with E-state index in [0.717, 1.165) is 11.5 Å². The van der Waals surface area contributed by atoms with Gasteiger partial charge in [0.1, 0.15) is 5.69 Å². The Bertz CT molecular complexity index is 792. The molecule has 8 heteroatoms. The zero-order valence-electron chi connectivity index (χ0n) is 10.1. The number of hydrogen-bond donors (Lipinski definition) is 1. The second-order valence-corrected chi connectivity index (χ2v) is 5.73. The fraction of sp³-hybridized carbons (Fsp3) is 0.182. The lowest BCUT2D eigenvalue weighted by molar-refractivity contribution is -0.680. The minimum Gasteiger partial charge on any atom is -0.282 e. The second kappa shape index (κ2) is 3.97. The van der Waals surface area contributed by atoms with Crippen LogP contribution in [0.4, 0.5) is 0 Å². The smallest absolute Gasteiger partial charge is 0.282 e. The fourth-order valence-corrected chi connectivity index (χ4v) is 2.45. The van der Waals surface area contributed by atoms with Crippen LogP contribution in [0.1, 0.15) is 12.7 Å². The van der Waals surface area contributed by atoms with Crippen molar-refractivity contribution in [1.29, 1.82) is 0 Å². The van der Waals surface area contributed by atoms with Crippen molar-refractivity contribution in [3.05, 3.63) is 36.4 Å². The van der Waals surface area contributed by atoms with Crippen LogP contribution in [0, 0.1) is 0 Å². The van der Waals surface area contributed by atoms with Gasteiger partial charge in [0.2, 0.25) is 0 Å². The monoisotopic (exact) mass is 279 g/mol. The topological polar surface area (TPSA) is 88.4 Å². The van der Waals surface area contributed by atoms with E-state index in [2.05, 4.69) is 10.2 Å². The van der Waals surface area contributed by atoms with Crippen LogP contribution in [-0.2, 0) is 16.5 Å². The Labute approximate surface area is 109 Å². The molecule has 19 heavy (non-hydrogen) atoms. The number of fused-ring (bicyclic) bond motifs is 1. The SMILES string of the molecule is CC1=N[n+]2cn(-c3cccc(S(=O)(=O)O)c3)nc2C1. The van der Waals surface area contributed by atoms with Gasteiger partial charge in [0, 0.05) is 11.2 Å². The molecule has 0 fully saturated rings. The van der Waals surface area contributed by atoms with Crippen molar-refractivity contribution < 1.29 is 17.6 Å². The van der Waals surface area contributed by atoms with Crippen molar-refractivity contribution in [2.45, 2.75) is 18.2 Å². The molecule has 0 aliphatic carbocycles. The van der Waals surface area contributed by atoms with Gasteiger partial charge in [-0.2, -0.15) is 8.42 Å². The zero-order chi connectivity index (χ0) is 13.6. The first-order valence-electron chi connectivity index (χ1n) is 5.56. The second-order valence-electron chi connectivity index (χ2n) is 4.31. The van der Waals surface area contributed by atoms with Crippen LogP contribution in [0.25, 0.3) is 5.69 Å². The Morgan fingerprint density at radius 3 is 2.89 bits per heavy atom. The van der Waals surface area contributed by atoms with E-state index in [1.54, 1.807) is 23.1 Å². The Hall–Kier alpha value is -2.06. The maximum Gasteiger partial charge on any atom is 0.307 e. The first-order valence-corrected chi connectivity index (χ1v) is 7.00. The molecule has 7 nitrogen and oxygen atoms in total. The third-order valence-electron chi connectivity index (χ3n) is 2.78. The molecule has 1 aromatic carbocycles.